The monoisotopic (exact) mass is 889 g/mol. The first-order chi connectivity index (χ1) is 29.9. The standard InChI is InChI=1S/C55H68FNO6S/c1-36-17-22-41(23-18-36)64(58,59)62-29-15-28-60-49-26-21-40(56)34-44(49)45-30-39(55(11,12)35-52(2,3)4)33-48(51(45)63-50-16-13-14-27-61-50)57-46-31-37(53(5,6)7)19-24-42(46)43-25-20-38(32-47(43)57)54(8,9)10/h17-26,30-34,50H,13-16,27-29,35H2,1-12H3. The Morgan fingerprint density at radius 3 is 1.89 bits per heavy atom. The highest BCUT2D eigenvalue weighted by molar-refractivity contribution is 7.86. The summed E-state index contributed by atoms with van der Waals surface area (Å²) in [7, 11) is -3.95. The Morgan fingerprint density at radius 2 is 1.33 bits per heavy atom. The van der Waals surface area contributed by atoms with Crippen molar-refractivity contribution in [2.75, 3.05) is 19.8 Å². The third-order valence-electron chi connectivity index (χ3n) is 12.3. The summed E-state index contributed by atoms with van der Waals surface area (Å²) in [4.78, 5) is 0.104. The van der Waals surface area contributed by atoms with Gasteiger partial charge in [-0.25, -0.2) is 4.39 Å². The van der Waals surface area contributed by atoms with Crippen LogP contribution in [-0.2, 0) is 35.3 Å². The molecule has 1 fully saturated rings. The maximum atomic E-state index is 15.8. The van der Waals surface area contributed by atoms with Crippen LogP contribution >= 0.6 is 0 Å². The molecule has 6 aromatic rings. The van der Waals surface area contributed by atoms with Gasteiger partial charge in [0.1, 0.15) is 11.6 Å². The molecule has 1 atom stereocenters. The predicted molar refractivity (Wildman–Crippen MR) is 259 cm³/mol. The van der Waals surface area contributed by atoms with E-state index in [1.54, 1.807) is 30.3 Å². The van der Waals surface area contributed by atoms with Crippen LogP contribution in [0.1, 0.15) is 131 Å². The van der Waals surface area contributed by atoms with Crippen LogP contribution in [0, 0.1) is 18.2 Å². The van der Waals surface area contributed by atoms with Gasteiger partial charge in [-0.3, -0.25) is 4.18 Å². The Morgan fingerprint density at radius 1 is 0.703 bits per heavy atom. The summed E-state index contributed by atoms with van der Waals surface area (Å²) in [6, 6.07) is 29.2. The molecular weight excluding hydrogens is 822 g/mol. The third-order valence-corrected chi connectivity index (χ3v) is 13.6. The van der Waals surface area contributed by atoms with Crippen LogP contribution in [-0.4, -0.2) is 39.1 Å². The van der Waals surface area contributed by atoms with Gasteiger partial charge < -0.3 is 18.8 Å². The Balaban J connectivity index is 1.45. The second-order valence-corrected chi connectivity index (χ2v) is 23.3. The molecule has 342 valence electrons. The topological polar surface area (TPSA) is 76.0 Å². The van der Waals surface area contributed by atoms with Gasteiger partial charge in [-0.1, -0.05) is 118 Å². The first-order valence-electron chi connectivity index (χ1n) is 22.9. The molecule has 1 unspecified atom stereocenters. The van der Waals surface area contributed by atoms with Crippen molar-refractivity contribution < 1.29 is 31.2 Å². The summed E-state index contributed by atoms with van der Waals surface area (Å²) < 4.78 is 69.5. The average molecular weight is 890 g/mol. The molecule has 1 aromatic heterocycles. The molecule has 0 bridgehead atoms. The summed E-state index contributed by atoms with van der Waals surface area (Å²) in [5.41, 5.74) is 8.02. The molecule has 1 aliphatic rings. The van der Waals surface area contributed by atoms with Crippen molar-refractivity contribution in [2.45, 2.75) is 143 Å². The van der Waals surface area contributed by atoms with E-state index >= 15 is 4.39 Å². The second-order valence-electron chi connectivity index (χ2n) is 21.6. The number of nitrogens with zero attached hydrogens (tertiary/aromatic N) is 1. The van der Waals surface area contributed by atoms with E-state index in [1.807, 2.05) is 6.92 Å². The third kappa shape index (κ3) is 10.5. The van der Waals surface area contributed by atoms with E-state index in [0.29, 0.717) is 35.7 Å². The lowest BCUT2D eigenvalue weighted by Gasteiger charge is -2.35. The number of benzene rings is 5. The maximum Gasteiger partial charge on any atom is 0.296 e. The largest absolute Gasteiger partial charge is 0.493 e. The van der Waals surface area contributed by atoms with Gasteiger partial charge in [0.15, 0.2) is 12.0 Å². The van der Waals surface area contributed by atoms with Gasteiger partial charge in [0, 0.05) is 34.7 Å². The molecular formula is C55H68FNO6S. The molecule has 9 heteroatoms. The molecule has 0 spiro atoms. The highest BCUT2D eigenvalue weighted by Gasteiger charge is 2.33. The molecule has 7 nitrogen and oxygen atoms in total. The van der Waals surface area contributed by atoms with Gasteiger partial charge in [-0.05, 0) is 119 Å². The number of halogens is 1. The van der Waals surface area contributed by atoms with Crippen LogP contribution in [0.4, 0.5) is 4.39 Å². The lowest BCUT2D eigenvalue weighted by Crippen LogP contribution is -2.27. The summed E-state index contributed by atoms with van der Waals surface area (Å²) in [5.74, 6) is 0.602. The van der Waals surface area contributed by atoms with Crippen molar-refractivity contribution in [1.82, 2.24) is 4.57 Å². The highest BCUT2D eigenvalue weighted by Crippen LogP contribution is 2.49. The number of ether oxygens (including phenoxy) is 3. The Kier molecular flexibility index (Phi) is 13.2. The number of aromatic nitrogens is 1. The average Bonchev–Trinajstić information content (AvgIpc) is 3.53. The number of fused-ring (bicyclic) bond motifs is 3. The quantitative estimate of drug-likeness (QED) is 0.0849. The normalized spacial score (nSPS) is 15.5. The molecule has 0 radical (unpaired) electrons. The van der Waals surface area contributed by atoms with E-state index in [0.717, 1.165) is 57.9 Å². The molecule has 5 aromatic carbocycles. The SMILES string of the molecule is Cc1ccc(S(=O)(=O)OCCCOc2ccc(F)cc2-c2cc(C(C)(C)CC(C)(C)C)cc(-n3c4cc(C(C)(C)C)ccc4c4ccc(C(C)(C)C)cc43)c2OC2CCCCO2)cc1. The van der Waals surface area contributed by atoms with E-state index in [9.17, 15) is 8.42 Å². The van der Waals surface area contributed by atoms with Crippen molar-refractivity contribution in [3.05, 3.63) is 119 Å². The van der Waals surface area contributed by atoms with Gasteiger partial charge in [-0.2, -0.15) is 8.42 Å². The van der Waals surface area contributed by atoms with E-state index in [1.165, 1.54) is 23.3 Å². The Hall–Kier alpha value is -4.70. The molecule has 0 aliphatic carbocycles. The minimum Gasteiger partial charge on any atom is -0.493 e. The van der Waals surface area contributed by atoms with Crippen LogP contribution in [0.25, 0.3) is 38.6 Å². The highest BCUT2D eigenvalue weighted by atomic mass is 32.2. The lowest BCUT2D eigenvalue weighted by atomic mass is 9.71. The van der Waals surface area contributed by atoms with Gasteiger partial charge in [0.2, 0.25) is 0 Å². The molecule has 1 saturated heterocycles. The number of rotatable bonds is 13. The van der Waals surface area contributed by atoms with Crippen LogP contribution < -0.4 is 9.47 Å². The van der Waals surface area contributed by atoms with Gasteiger partial charge in [-0.15, -0.1) is 0 Å². The zero-order valence-corrected chi connectivity index (χ0v) is 40.9. The number of hydrogen-bond acceptors (Lipinski definition) is 6. The van der Waals surface area contributed by atoms with Crippen molar-refractivity contribution in [1.29, 1.82) is 0 Å². The molecule has 2 heterocycles. The van der Waals surface area contributed by atoms with Crippen molar-refractivity contribution in [3.8, 4) is 28.3 Å². The first kappa shape index (κ1) is 47.3. The summed E-state index contributed by atoms with van der Waals surface area (Å²) in [5, 5.41) is 2.26. The minimum absolute atomic E-state index is 0.00682. The predicted octanol–water partition coefficient (Wildman–Crippen LogP) is 14.3. The minimum atomic E-state index is -3.95. The summed E-state index contributed by atoms with van der Waals surface area (Å²) in [6.45, 7) is 27.3. The first-order valence-corrected chi connectivity index (χ1v) is 24.3. The number of hydrogen-bond donors (Lipinski definition) is 0. The van der Waals surface area contributed by atoms with Crippen LogP contribution in [0.15, 0.2) is 95.9 Å². The van der Waals surface area contributed by atoms with E-state index < -0.39 is 22.2 Å². The molecule has 7 rings (SSSR count). The maximum absolute atomic E-state index is 15.8. The Bertz CT molecular complexity index is 2670. The van der Waals surface area contributed by atoms with Gasteiger partial charge in [0.25, 0.3) is 10.1 Å². The van der Waals surface area contributed by atoms with Crippen LogP contribution in [0.2, 0.25) is 0 Å². The second kappa shape index (κ2) is 17.9. The fourth-order valence-corrected chi connectivity index (χ4v) is 10.0. The fourth-order valence-electron chi connectivity index (χ4n) is 9.09. The lowest BCUT2D eigenvalue weighted by molar-refractivity contribution is -0.105. The van der Waals surface area contributed by atoms with Gasteiger partial charge in [0.05, 0.1) is 41.4 Å². The van der Waals surface area contributed by atoms with Crippen LogP contribution in [0.5, 0.6) is 11.5 Å². The smallest absolute Gasteiger partial charge is 0.296 e. The molecule has 0 saturated carbocycles. The van der Waals surface area contributed by atoms with Crippen molar-refractivity contribution in [2.24, 2.45) is 5.41 Å². The van der Waals surface area contributed by atoms with Crippen molar-refractivity contribution in [3.63, 3.8) is 0 Å². The van der Waals surface area contributed by atoms with E-state index in [2.05, 4.69) is 129 Å². The van der Waals surface area contributed by atoms with E-state index in [-0.39, 0.29) is 46.2 Å². The fraction of sp³-hybridized carbons (Fsp3) is 0.455. The summed E-state index contributed by atoms with van der Waals surface area (Å²) >= 11 is 0. The number of aryl methyl sites for hydroxylation is 1. The molecule has 64 heavy (non-hydrogen) atoms. The molecule has 0 amide bonds. The molecule has 0 N–H and O–H groups in total. The zero-order chi connectivity index (χ0) is 46.4. The molecule has 1 aliphatic heterocycles. The van der Waals surface area contributed by atoms with Gasteiger partial charge >= 0.3 is 0 Å². The van der Waals surface area contributed by atoms with Crippen molar-refractivity contribution >= 4 is 31.9 Å². The Labute approximate surface area is 381 Å². The zero-order valence-electron chi connectivity index (χ0n) is 40.1. The van der Waals surface area contributed by atoms with Crippen LogP contribution in [0.3, 0.4) is 0 Å². The van der Waals surface area contributed by atoms with E-state index in [4.69, 9.17) is 18.4 Å². The summed E-state index contributed by atoms with van der Waals surface area (Å²) in [6.07, 6.45) is 3.26.